The van der Waals surface area contributed by atoms with Gasteiger partial charge in [0.15, 0.2) is 0 Å². The molecule has 0 amide bonds. The Bertz CT molecular complexity index is 693. The van der Waals surface area contributed by atoms with E-state index < -0.39 is 16.0 Å². The summed E-state index contributed by atoms with van der Waals surface area (Å²) >= 11 is 0. The minimum atomic E-state index is -3.81. The van der Waals surface area contributed by atoms with E-state index in [4.69, 9.17) is 4.74 Å². The zero-order chi connectivity index (χ0) is 17.2. The molecule has 0 radical (unpaired) electrons. The van der Waals surface area contributed by atoms with Crippen LogP contribution in [-0.2, 0) is 14.8 Å². The van der Waals surface area contributed by atoms with Gasteiger partial charge in [0.2, 0.25) is 10.0 Å². The second kappa shape index (κ2) is 6.98. The molecule has 1 aliphatic rings. The fourth-order valence-electron chi connectivity index (χ4n) is 2.96. The van der Waals surface area contributed by atoms with Gasteiger partial charge < -0.3 is 9.84 Å². The van der Waals surface area contributed by atoms with Crippen LogP contribution in [0.25, 0.3) is 0 Å². The highest BCUT2D eigenvalue weighted by atomic mass is 32.2. The van der Waals surface area contributed by atoms with Gasteiger partial charge in [0.05, 0.1) is 16.6 Å². The predicted molar refractivity (Wildman–Crippen MR) is 86.2 cm³/mol. The summed E-state index contributed by atoms with van der Waals surface area (Å²) in [6, 6.07) is 2.51. The Labute approximate surface area is 136 Å². The van der Waals surface area contributed by atoms with Crippen LogP contribution in [-0.4, -0.2) is 38.2 Å². The fourth-order valence-corrected chi connectivity index (χ4v) is 4.56. The minimum Gasteiger partial charge on any atom is -0.478 e. The lowest BCUT2D eigenvalue weighted by atomic mass is 10.1. The van der Waals surface area contributed by atoms with Crippen molar-refractivity contribution in [2.24, 2.45) is 0 Å². The molecule has 1 saturated heterocycles. The molecule has 0 bridgehead atoms. The summed E-state index contributed by atoms with van der Waals surface area (Å²) in [6.07, 6.45) is 2.24. The molecule has 1 aliphatic heterocycles. The van der Waals surface area contributed by atoms with Crippen molar-refractivity contribution in [2.45, 2.75) is 57.1 Å². The Hall–Kier alpha value is -1.44. The number of hydrogen-bond acceptors (Lipinski definition) is 4. The summed E-state index contributed by atoms with van der Waals surface area (Å²) in [4.78, 5) is 11.3. The highest BCUT2D eigenvalue weighted by Gasteiger charge is 2.30. The maximum Gasteiger partial charge on any atom is 0.335 e. The number of carboxylic acids is 1. The number of nitrogens with one attached hydrogen (secondary N) is 1. The molecular formula is C16H23NO5S. The number of aromatic carboxylic acids is 1. The summed E-state index contributed by atoms with van der Waals surface area (Å²) in [5.74, 6) is -1.13. The first-order valence-corrected chi connectivity index (χ1v) is 9.23. The zero-order valence-electron chi connectivity index (χ0n) is 13.6. The number of carboxylic acid groups (broad SMARTS) is 1. The van der Waals surface area contributed by atoms with E-state index in [-0.39, 0.29) is 22.6 Å². The molecule has 1 aromatic carbocycles. The SMILES string of the molecule is CCC(NS(=O)(=O)c1cc(C(=O)O)c(C)cc1C)C1CCCO1. The van der Waals surface area contributed by atoms with Crippen molar-refractivity contribution in [3.8, 4) is 0 Å². The van der Waals surface area contributed by atoms with Gasteiger partial charge in [0, 0.05) is 12.6 Å². The van der Waals surface area contributed by atoms with Gasteiger partial charge in [-0.15, -0.1) is 0 Å². The second-order valence-corrected chi connectivity index (χ2v) is 7.61. The second-order valence-electron chi connectivity index (χ2n) is 5.93. The van der Waals surface area contributed by atoms with Crippen molar-refractivity contribution < 1.29 is 23.1 Å². The van der Waals surface area contributed by atoms with Crippen LogP contribution in [0.3, 0.4) is 0 Å². The smallest absolute Gasteiger partial charge is 0.335 e. The van der Waals surface area contributed by atoms with Gasteiger partial charge in [-0.3, -0.25) is 0 Å². The van der Waals surface area contributed by atoms with E-state index in [1.807, 2.05) is 6.92 Å². The molecule has 2 unspecified atom stereocenters. The van der Waals surface area contributed by atoms with Crippen LogP contribution in [0.5, 0.6) is 0 Å². The Morgan fingerprint density at radius 1 is 1.39 bits per heavy atom. The van der Waals surface area contributed by atoms with Gasteiger partial charge in [0.1, 0.15) is 0 Å². The number of sulfonamides is 1. The number of hydrogen-bond donors (Lipinski definition) is 2. The van der Waals surface area contributed by atoms with Gasteiger partial charge in [-0.2, -0.15) is 0 Å². The third-order valence-corrected chi connectivity index (χ3v) is 5.83. The molecule has 2 N–H and O–H groups in total. The van der Waals surface area contributed by atoms with Gasteiger partial charge >= 0.3 is 5.97 Å². The first-order chi connectivity index (χ1) is 10.8. The Morgan fingerprint density at radius 2 is 2.09 bits per heavy atom. The van der Waals surface area contributed by atoms with Gasteiger partial charge in [0.25, 0.3) is 0 Å². The van der Waals surface area contributed by atoms with Crippen LogP contribution in [0.2, 0.25) is 0 Å². The third-order valence-electron chi connectivity index (χ3n) is 4.20. The van der Waals surface area contributed by atoms with Gasteiger partial charge in [-0.25, -0.2) is 17.9 Å². The lowest BCUT2D eigenvalue weighted by molar-refractivity contribution is 0.0695. The summed E-state index contributed by atoms with van der Waals surface area (Å²) in [6.45, 7) is 5.87. The molecule has 0 aromatic heterocycles. The third kappa shape index (κ3) is 3.91. The van der Waals surface area contributed by atoms with E-state index in [1.54, 1.807) is 19.9 Å². The number of rotatable bonds is 6. The maximum absolute atomic E-state index is 12.7. The quantitative estimate of drug-likeness (QED) is 0.828. The summed E-state index contributed by atoms with van der Waals surface area (Å²) in [5.41, 5.74) is 1.07. The largest absolute Gasteiger partial charge is 0.478 e. The molecule has 2 rings (SSSR count). The van der Waals surface area contributed by atoms with Gasteiger partial charge in [-0.05, 0) is 50.3 Å². The molecule has 23 heavy (non-hydrogen) atoms. The number of benzene rings is 1. The van der Waals surface area contributed by atoms with Crippen molar-refractivity contribution in [2.75, 3.05) is 6.61 Å². The summed E-state index contributed by atoms with van der Waals surface area (Å²) < 4.78 is 33.7. The van der Waals surface area contributed by atoms with E-state index in [2.05, 4.69) is 4.72 Å². The fraction of sp³-hybridized carbons (Fsp3) is 0.562. The van der Waals surface area contributed by atoms with E-state index in [0.717, 1.165) is 12.8 Å². The highest BCUT2D eigenvalue weighted by Crippen LogP contribution is 2.23. The van der Waals surface area contributed by atoms with Crippen molar-refractivity contribution in [1.29, 1.82) is 0 Å². The molecule has 0 aliphatic carbocycles. The lowest BCUT2D eigenvalue weighted by Gasteiger charge is -2.23. The Morgan fingerprint density at radius 3 is 2.61 bits per heavy atom. The van der Waals surface area contributed by atoms with E-state index in [0.29, 0.717) is 24.2 Å². The van der Waals surface area contributed by atoms with Gasteiger partial charge in [-0.1, -0.05) is 13.0 Å². The molecule has 128 valence electrons. The topological polar surface area (TPSA) is 92.7 Å². The number of aryl methyl sites for hydroxylation is 2. The lowest BCUT2D eigenvalue weighted by Crippen LogP contribution is -2.42. The Kier molecular flexibility index (Phi) is 5.44. The van der Waals surface area contributed by atoms with E-state index in [9.17, 15) is 18.3 Å². The molecule has 7 heteroatoms. The summed E-state index contributed by atoms with van der Waals surface area (Å²) in [7, 11) is -3.81. The maximum atomic E-state index is 12.7. The standard InChI is InChI=1S/C16H23NO5S/c1-4-13(14-6-5-7-22-14)17-23(20,21)15-9-12(16(18)19)10(2)8-11(15)3/h8-9,13-14,17H,4-7H2,1-3H3,(H,18,19). The molecular weight excluding hydrogens is 318 g/mol. The van der Waals surface area contributed by atoms with E-state index in [1.165, 1.54) is 6.07 Å². The molecule has 1 heterocycles. The van der Waals surface area contributed by atoms with Crippen LogP contribution in [0.4, 0.5) is 0 Å². The van der Waals surface area contributed by atoms with E-state index >= 15 is 0 Å². The van der Waals surface area contributed by atoms with Crippen molar-refractivity contribution in [1.82, 2.24) is 4.72 Å². The van der Waals surface area contributed by atoms with Crippen LogP contribution < -0.4 is 4.72 Å². The minimum absolute atomic E-state index is 0.00106. The van der Waals surface area contributed by atoms with Crippen molar-refractivity contribution in [3.05, 3.63) is 28.8 Å². The first-order valence-electron chi connectivity index (χ1n) is 7.74. The molecule has 1 aromatic rings. The molecule has 2 atom stereocenters. The average Bonchev–Trinajstić information content (AvgIpc) is 2.98. The Balaban J connectivity index is 2.35. The van der Waals surface area contributed by atoms with Crippen LogP contribution >= 0.6 is 0 Å². The number of carbonyl (C=O) groups is 1. The van der Waals surface area contributed by atoms with Crippen LogP contribution in [0, 0.1) is 13.8 Å². The monoisotopic (exact) mass is 341 g/mol. The first kappa shape index (κ1) is 17.9. The summed E-state index contributed by atoms with van der Waals surface area (Å²) in [5, 5.41) is 9.21. The van der Waals surface area contributed by atoms with Crippen LogP contribution in [0.15, 0.2) is 17.0 Å². The normalized spacial score (nSPS) is 19.7. The van der Waals surface area contributed by atoms with Crippen molar-refractivity contribution >= 4 is 16.0 Å². The van der Waals surface area contributed by atoms with Crippen molar-refractivity contribution in [3.63, 3.8) is 0 Å². The zero-order valence-corrected chi connectivity index (χ0v) is 14.4. The highest BCUT2D eigenvalue weighted by molar-refractivity contribution is 7.89. The number of ether oxygens (including phenoxy) is 1. The molecule has 1 fully saturated rings. The molecule has 6 nitrogen and oxygen atoms in total. The molecule has 0 spiro atoms. The average molecular weight is 341 g/mol. The van der Waals surface area contributed by atoms with Crippen LogP contribution in [0.1, 0.15) is 47.7 Å². The predicted octanol–water partition coefficient (Wildman–Crippen LogP) is 2.24. The molecule has 0 saturated carbocycles.